The Bertz CT molecular complexity index is 434. The molecule has 3 N–H and O–H groups in total. The summed E-state index contributed by atoms with van der Waals surface area (Å²) in [6, 6.07) is 3.90. The second kappa shape index (κ2) is 4.02. The monoisotopic (exact) mass is 201 g/mol. The predicted molar refractivity (Wildman–Crippen MR) is 57.8 cm³/mol. The Kier molecular flexibility index (Phi) is 2.55. The van der Waals surface area contributed by atoms with Crippen molar-refractivity contribution in [3.63, 3.8) is 0 Å². The van der Waals surface area contributed by atoms with Gasteiger partial charge in [0, 0.05) is 17.5 Å². The first-order valence-corrected chi connectivity index (χ1v) is 4.51. The van der Waals surface area contributed by atoms with Gasteiger partial charge in [-0.2, -0.15) is 0 Å². The maximum atomic E-state index is 5.19. The molecule has 0 amide bonds. The topological polar surface area (TPSA) is 76.7 Å². The average Bonchev–Trinajstić information content (AvgIpc) is 2.30. The number of nitrogens with zero attached hydrogens (tertiary/aromatic N) is 3. The van der Waals surface area contributed by atoms with Crippen LogP contribution in [0.25, 0.3) is 11.3 Å². The zero-order valence-electron chi connectivity index (χ0n) is 8.31. The molecule has 76 valence electrons. The van der Waals surface area contributed by atoms with Crippen LogP contribution in [0.5, 0.6) is 0 Å². The number of nitrogen functional groups attached to an aromatic ring is 1. The lowest BCUT2D eigenvalue weighted by molar-refractivity contribution is 1.15. The Morgan fingerprint density at radius 2 is 1.93 bits per heavy atom. The van der Waals surface area contributed by atoms with E-state index in [0.717, 1.165) is 17.0 Å². The fourth-order valence-corrected chi connectivity index (χ4v) is 1.17. The van der Waals surface area contributed by atoms with Crippen LogP contribution < -0.4 is 11.3 Å². The van der Waals surface area contributed by atoms with Crippen LogP contribution in [-0.4, -0.2) is 15.0 Å². The number of hydrogen-bond donors (Lipinski definition) is 2. The van der Waals surface area contributed by atoms with Crippen LogP contribution in [0.15, 0.2) is 30.7 Å². The maximum absolute atomic E-state index is 5.19. The third-order valence-electron chi connectivity index (χ3n) is 2.01. The Hall–Kier alpha value is -2.01. The van der Waals surface area contributed by atoms with Crippen LogP contribution >= 0.6 is 0 Å². The molecule has 0 aliphatic heterocycles. The number of hydrazine groups is 1. The molecule has 15 heavy (non-hydrogen) atoms. The Labute approximate surface area is 87.4 Å². The van der Waals surface area contributed by atoms with Crippen LogP contribution in [0.4, 0.5) is 5.82 Å². The fourth-order valence-electron chi connectivity index (χ4n) is 1.17. The van der Waals surface area contributed by atoms with E-state index in [0.29, 0.717) is 5.82 Å². The summed E-state index contributed by atoms with van der Waals surface area (Å²) in [5, 5.41) is 0. The number of anilines is 1. The van der Waals surface area contributed by atoms with Gasteiger partial charge in [-0.3, -0.25) is 9.97 Å². The number of rotatable bonds is 2. The van der Waals surface area contributed by atoms with Gasteiger partial charge in [-0.15, -0.1) is 0 Å². The molecule has 0 aliphatic rings. The Morgan fingerprint density at radius 1 is 1.07 bits per heavy atom. The summed E-state index contributed by atoms with van der Waals surface area (Å²) in [6.45, 7) is 1.94. The number of pyridine rings is 1. The summed E-state index contributed by atoms with van der Waals surface area (Å²) in [7, 11) is 0. The first kappa shape index (κ1) is 9.54. The predicted octanol–water partition coefficient (Wildman–Crippen LogP) is 1.13. The second-order valence-corrected chi connectivity index (χ2v) is 3.12. The smallest absolute Gasteiger partial charge is 0.158 e. The Balaban J connectivity index is 2.33. The molecule has 2 rings (SSSR count). The molecular weight excluding hydrogens is 190 g/mol. The molecule has 0 aromatic carbocycles. The molecular formula is C10H11N5. The van der Waals surface area contributed by atoms with Gasteiger partial charge in [0.2, 0.25) is 0 Å². The van der Waals surface area contributed by atoms with Gasteiger partial charge in [0.25, 0.3) is 0 Å². The van der Waals surface area contributed by atoms with E-state index >= 15 is 0 Å². The van der Waals surface area contributed by atoms with E-state index in [9.17, 15) is 0 Å². The third kappa shape index (κ3) is 2.08. The van der Waals surface area contributed by atoms with E-state index in [-0.39, 0.29) is 0 Å². The molecule has 0 aliphatic carbocycles. The van der Waals surface area contributed by atoms with Crippen LogP contribution in [0.2, 0.25) is 0 Å². The minimum absolute atomic E-state index is 0.541. The van der Waals surface area contributed by atoms with E-state index in [1.807, 2.05) is 19.1 Å². The quantitative estimate of drug-likeness (QED) is 0.562. The molecule has 0 radical (unpaired) electrons. The first-order valence-electron chi connectivity index (χ1n) is 4.51. The normalized spacial score (nSPS) is 10.0. The fraction of sp³-hybridized carbons (Fsp3) is 0.100. The first-order chi connectivity index (χ1) is 7.29. The van der Waals surface area contributed by atoms with Crippen LogP contribution in [-0.2, 0) is 0 Å². The van der Waals surface area contributed by atoms with Gasteiger partial charge >= 0.3 is 0 Å². The molecule has 0 unspecified atom stereocenters. The minimum atomic E-state index is 0.541. The van der Waals surface area contributed by atoms with Crippen molar-refractivity contribution in [1.82, 2.24) is 15.0 Å². The van der Waals surface area contributed by atoms with Gasteiger partial charge in [-0.1, -0.05) is 0 Å². The zero-order chi connectivity index (χ0) is 10.7. The van der Waals surface area contributed by atoms with Crippen molar-refractivity contribution >= 4 is 5.82 Å². The van der Waals surface area contributed by atoms with Crippen LogP contribution in [0.1, 0.15) is 5.69 Å². The highest BCUT2D eigenvalue weighted by atomic mass is 15.3. The highest BCUT2D eigenvalue weighted by molar-refractivity contribution is 5.57. The van der Waals surface area contributed by atoms with Gasteiger partial charge < -0.3 is 5.43 Å². The zero-order valence-corrected chi connectivity index (χ0v) is 8.31. The molecule has 2 heterocycles. The van der Waals surface area contributed by atoms with Crippen molar-refractivity contribution < 1.29 is 0 Å². The standard InChI is InChI=1S/C10H11N5/c1-7-2-3-8(4-12-7)9-5-14-10(15-11)6-13-9/h2-6H,11H2,1H3,(H,14,15). The SMILES string of the molecule is Cc1ccc(-c2cnc(NN)cn2)cn1. The number of hydrogen-bond acceptors (Lipinski definition) is 5. The largest absolute Gasteiger partial charge is 0.307 e. The summed E-state index contributed by atoms with van der Waals surface area (Å²) < 4.78 is 0. The number of nitrogens with two attached hydrogens (primary N) is 1. The molecule has 0 saturated heterocycles. The van der Waals surface area contributed by atoms with Gasteiger partial charge in [0.15, 0.2) is 5.82 Å². The lowest BCUT2D eigenvalue weighted by Gasteiger charge is -2.01. The molecule has 5 nitrogen and oxygen atoms in total. The highest BCUT2D eigenvalue weighted by Crippen LogP contribution is 2.15. The number of nitrogens with one attached hydrogen (secondary N) is 1. The molecule has 5 heteroatoms. The molecule has 0 atom stereocenters. The summed E-state index contributed by atoms with van der Waals surface area (Å²) in [5.41, 5.74) is 5.12. The van der Waals surface area contributed by atoms with Crippen molar-refractivity contribution in [3.8, 4) is 11.3 Å². The molecule has 0 fully saturated rings. The highest BCUT2D eigenvalue weighted by Gasteiger charge is 2.00. The van der Waals surface area contributed by atoms with Crippen LogP contribution in [0, 0.1) is 6.92 Å². The Morgan fingerprint density at radius 3 is 2.47 bits per heavy atom. The van der Waals surface area contributed by atoms with Crippen molar-refractivity contribution in [2.45, 2.75) is 6.92 Å². The van der Waals surface area contributed by atoms with E-state index in [1.54, 1.807) is 18.6 Å². The number of aryl methyl sites for hydroxylation is 1. The van der Waals surface area contributed by atoms with Gasteiger partial charge in [0.05, 0.1) is 18.1 Å². The second-order valence-electron chi connectivity index (χ2n) is 3.12. The average molecular weight is 201 g/mol. The van der Waals surface area contributed by atoms with Gasteiger partial charge in [-0.25, -0.2) is 10.8 Å². The minimum Gasteiger partial charge on any atom is -0.307 e. The summed E-state index contributed by atoms with van der Waals surface area (Å²) in [6.07, 6.45) is 5.01. The molecule has 2 aromatic heterocycles. The van der Waals surface area contributed by atoms with E-state index in [4.69, 9.17) is 5.84 Å². The van der Waals surface area contributed by atoms with Gasteiger partial charge in [0.1, 0.15) is 0 Å². The molecule has 0 spiro atoms. The van der Waals surface area contributed by atoms with Gasteiger partial charge in [-0.05, 0) is 19.1 Å². The van der Waals surface area contributed by atoms with Crippen molar-refractivity contribution in [1.29, 1.82) is 0 Å². The third-order valence-corrected chi connectivity index (χ3v) is 2.01. The van der Waals surface area contributed by atoms with Crippen molar-refractivity contribution in [2.75, 3.05) is 5.43 Å². The van der Waals surface area contributed by atoms with Crippen molar-refractivity contribution in [2.24, 2.45) is 5.84 Å². The molecule has 2 aromatic rings. The lowest BCUT2D eigenvalue weighted by Crippen LogP contribution is -2.08. The van der Waals surface area contributed by atoms with E-state index < -0.39 is 0 Å². The molecule has 0 saturated carbocycles. The lowest BCUT2D eigenvalue weighted by atomic mass is 10.2. The molecule has 0 bridgehead atoms. The summed E-state index contributed by atoms with van der Waals surface area (Å²) in [4.78, 5) is 12.5. The van der Waals surface area contributed by atoms with E-state index in [2.05, 4.69) is 20.4 Å². The van der Waals surface area contributed by atoms with Crippen molar-refractivity contribution in [3.05, 3.63) is 36.4 Å². The summed E-state index contributed by atoms with van der Waals surface area (Å²) >= 11 is 0. The summed E-state index contributed by atoms with van der Waals surface area (Å²) in [5.74, 6) is 5.73. The van der Waals surface area contributed by atoms with E-state index in [1.165, 1.54) is 0 Å². The van der Waals surface area contributed by atoms with Crippen LogP contribution in [0.3, 0.4) is 0 Å². The maximum Gasteiger partial charge on any atom is 0.158 e. The number of aromatic nitrogens is 3.